The van der Waals surface area contributed by atoms with Crippen molar-refractivity contribution < 1.29 is 5.11 Å². The molecule has 0 saturated heterocycles. The number of pyridine rings is 1. The van der Waals surface area contributed by atoms with E-state index in [0.717, 1.165) is 47.4 Å². The number of H-pyrrole nitrogens is 1. The Balaban J connectivity index is 1.39. The zero-order chi connectivity index (χ0) is 23.7. The number of nitrogens with two attached hydrogens (primary N) is 2. The molecule has 10 heteroatoms. The standard InChI is InChI=1S/C24H25ClN8O/c25-17-4-1-3-15(11-17)22(34)32-21-8-5-16(13-28-21)24(9-2-10-24)23-30-19-7-6-18(12-20(19)31-23)33(27)14-29-26/h1,3-8,11-14,22,34H,2,9-10,26-27H2,(H,28,32)(H,30,31)/b29-14-. The van der Waals surface area contributed by atoms with E-state index in [0.29, 0.717) is 16.4 Å². The maximum absolute atomic E-state index is 10.5. The Bertz CT molecular complexity index is 1330. The van der Waals surface area contributed by atoms with E-state index < -0.39 is 6.23 Å². The first-order valence-corrected chi connectivity index (χ1v) is 11.3. The first-order valence-electron chi connectivity index (χ1n) is 10.9. The zero-order valence-corrected chi connectivity index (χ0v) is 19.1. The highest BCUT2D eigenvalue weighted by atomic mass is 35.5. The Morgan fingerprint density at radius 1 is 1.21 bits per heavy atom. The number of aliphatic hydroxyl groups is 1. The van der Waals surface area contributed by atoms with Crippen LogP contribution in [0.25, 0.3) is 11.0 Å². The molecular weight excluding hydrogens is 452 g/mol. The average molecular weight is 477 g/mol. The van der Waals surface area contributed by atoms with Gasteiger partial charge in [-0.1, -0.05) is 36.2 Å². The number of hydrazone groups is 1. The molecule has 2 aromatic heterocycles. The minimum Gasteiger partial charge on any atom is -0.369 e. The number of hydrogen-bond donors (Lipinski definition) is 5. The van der Waals surface area contributed by atoms with Crippen LogP contribution in [0, 0.1) is 0 Å². The number of benzene rings is 2. The lowest BCUT2D eigenvalue weighted by molar-refractivity contribution is 0.207. The van der Waals surface area contributed by atoms with E-state index in [9.17, 15) is 5.11 Å². The molecule has 1 atom stereocenters. The van der Waals surface area contributed by atoms with Gasteiger partial charge in [0.2, 0.25) is 0 Å². The van der Waals surface area contributed by atoms with Crippen LogP contribution in [0.1, 0.15) is 42.4 Å². The number of imidazole rings is 1. The van der Waals surface area contributed by atoms with E-state index in [1.807, 2.05) is 36.5 Å². The number of hydrogen-bond acceptors (Lipinski definition) is 7. The lowest BCUT2D eigenvalue weighted by atomic mass is 9.64. The maximum Gasteiger partial charge on any atom is 0.151 e. The molecule has 1 unspecified atom stereocenters. The predicted molar refractivity (Wildman–Crippen MR) is 134 cm³/mol. The Labute approximate surface area is 201 Å². The van der Waals surface area contributed by atoms with Gasteiger partial charge in [-0.15, -0.1) is 0 Å². The second kappa shape index (κ2) is 8.94. The fraction of sp³-hybridized carbons (Fsp3) is 0.208. The molecule has 9 nitrogen and oxygen atoms in total. The molecule has 34 heavy (non-hydrogen) atoms. The van der Waals surface area contributed by atoms with Crippen molar-refractivity contribution in [2.45, 2.75) is 30.9 Å². The number of nitrogens with one attached hydrogen (secondary N) is 2. The number of aliphatic hydroxyl groups excluding tert-OH is 1. The van der Waals surface area contributed by atoms with Crippen LogP contribution in [0.2, 0.25) is 5.02 Å². The Morgan fingerprint density at radius 2 is 2.06 bits per heavy atom. The summed E-state index contributed by atoms with van der Waals surface area (Å²) in [6.45, 7) is 0. The number of anilines is 2. The van der Waals surface area contributed by atoms with Gasteiger partial charge in [0, 0.05) is 16.8 Å². The molecule has 0 radical (unpaired) electrons. The van der Waals surface area contributed by atoms with Crippen molar-refractivity contribution in [3.8, 4) is 0 Å². The van der Waals surface area contributed by atoms with Crippen LogP contribution >= 0.6 is 11.6 Å². The highest BCUT2D eigenvalue weighted by Gasteiger charge is 2.43. The van der Waals surface area contributed by atoms with Crippen LogP contribution in [0.5, 0.6) is 0 Å². The minimum atomic E-state index is -0.911. The molecule has 174 valence electrons. The molecule has 1 saturated carbocycles. The average Bonchev–Trinajstić information content (AvgIpc) is 3.23. The lowest BCUT2D eigenvalue weighted by Gasteiger charge is -2.40. The molecule has 5 rings (SSSR count). The van der Waals surface area contributed by atoms with Crippen LogP contribution in [0.4, 0.5) is 11.5 Å². The minimum absolute atomic E-state index is 0.225. The summed E-state index contributed by atoms with van der Waals surface area (Å²) in [6, 6.07) is 16.7. The molecule has 4 aromatic rings. The van der Waals surface area contributed by atoms with E-state index in [4.69, 9.17) is 28.3 Å². The number of halogens is 1. The molecule has 0 aliphatic heterocycles. The number of aromatic amines is 1. The van der Waals surface area contributed by atoms with Crippen LogP contribution in [0.3, 0.4) is 0 Å². The number of hydrazine groups is 1. The van der Waals surface area contributed by atoms with Crippen molar-refractivity contribution in [3.05, 3.63) is 82.8 Å². The summed E-state index contributed by atoms with van der Waals surface area (Å²) >= 11 is 6.03. The summed E-state index contributed by atoms with van der Waals surface area (Å²) in [6.07, 6.45) is 5.34. The van der Waals surface area contributed by atoms with Crippen molar-refractivity contribution in [1.82, 2.24) is 15.0 Å². The molecule has 2 aromatic carbocycles. The van der Waals surface area contributed by atoms with Gasteiger partial charge in [-0.05, 0) is 54.8 Å². The number of rotatable bonds is 7. The van der Waals surface area contributed by atoms with Gasteiger partial charge >= 0.3 is 0 Å². The fourth-order valence-electron chi connectivity index (χ4n) is 4.38. The van der Waals surface area contributed by atoms with Gasteiger partial charge in [-0.25, -0.2) is 15.8 Å². The molecular formula is C24H25ClN8O. The third-order valence-electron chi connectivity index (χ3n) is 6.38. The molecule has 1 aliphatic carbocycles. The van der Waals surface area contributed by atoms with E-state index in [1.54, 1.807) is 24.3 Å². The number of aromatic nitrogens is 3. The van der Waals surface area contributed by atoms with Gasteiger partial charge in [0.15, 0.2) is 6.23 Å². The summed E-state index contributed by atoms with van der Waals surface area (Å²) in [5.41, 5.74) is 4.02. The molecule has 0 bridgehead atoms. The van der Waals surface area contributed by atoms with Gasteiger partial charge in [-0.3, -0.25) is 5.01 Å². The van der Waals surface area contributed by atoms with Crippen molar-refractivity contribution in [2.24, 2.45) is 16.8 Å². The van der Waals surface area contributed by atoms with Gasteiger partial charge in [0.1, 0.15) is 18.0 Å². The summed E-state index contributed by atoms with van der Waals surface area (Å²) < 4.78 is 0. The Kier molecular flexibility index (Phi) is 5.82. The molecule has 0 amide bonds. The lowest BCUT2D eigenvalue weighted by Crippen LogP contribution is -2.36. The predicted octanol–water partition coefficient (Wildman–Crippen LogP) is 3.77. The van der Waals surface area contributed by atoms with Crippen molar-refractivity contribution in [2.75, 3.05) is 10.3 Å². The largest absolute Gasteiger partial charge is 0.369 e. The van der Waals surface area contributed by atoms with Gasteiger partial charge < -0.3 is 21.2 Å². The molecule has 2 heterocycles. The van der Waals surface area contributed by atoms with Crippen molar-refractivity contribution >= 4 is 40.5 Å². The third kappa shape index (κ3) is 4.05. The van der Waals surface area contributed by atoms with E-state index in [-0.39, 0.29) is 5.41 Å². The maximum atomic E-state index is 10.5. The molecule has 0 spiro atoms. The number of fused-ring (bicyclic) bond motifs is 1. The summed E-state index contributed by atoms with van der Waals surface area (Å²) in [5, 5.41) is 18.9. The SMILES string of the molecule is N/N=C\N(N)c1ccc2nc(C3(c4ccc(NC(O)c5cccc(Cl)c5)nc4)CCC3)[nH]c2c1. The normalized spacial score (nSPS) is 15.9. The first kappa shape index (κ1) is 22.1. The quantitative estimate of drug-likeness (QED) is 0.0898. The smallest absolute Gasteiger partial charge is 0.151 e. The van der Waals surface area contributed by atoms with Crippen LogP contribution in [0.15, 0.2) is 65.9 Å². The van der Waals surface area contributed by atoms with Crippen molar-refractivity contribution in [1.29, 1.82) is 0 Å². The summed E-state index contributed by atoms with van der Waals surface area (Å²) in [5.74, 6) is 12.6. The molecule has 1 fully saturated rings. The van der Waals surface area contributed by atoms with Crippen LogP contribution in [-0.2, 0) is 5.41 Å². The first-order chi connectivity index (χ1) is 16.5. The van der Waals surface area contributed by atoms with Gasteiger partial charge in [0.25, 0.3) is 0 Å². The highest BCUT2D eigenvalue weighted by Crippen LogP contribution is 2.48. The van der Waals surface area contributed by atoms with Crippen molar-refractivity contribution in [3.63, 3.8) is 0 Å². The van der Waals surface area contributed by atoms with E-state index in [1.165, 1.54) is 11.3 Å². The van der Waals surface area contributed by atoms with Gasteiger partial charge in [-0.2, -0.15) is 5.10 Å². The summed E-state index contributed by atoms with van der Waals surface area (Å²) in [4.78, 5) is 12.9. The fourth-order valence-corrected chi connectivity index (χ4v) is 4.58. The van der Waals surface area contributed by atoms with Crippen LogP contribution < -0.4 is 22.0 Å². The third-order valence-corrected chi connectivity index (χ3v) is 6.62. The number of nitrogens with zero attached hydrogens (tertiary/aromatic N) is 4. The van der Waals surface area contributed by atoms with Gasteiger partial charge in [0.05, 0.1) is 22.1 Å². The second-order valence-electron chi connectivity index (χ2n) is 8.43. The van der Waals surface area contributed by atoms with E-state index in [2.05, 4.69) is 20.4 Å². The van der Waals surface area contributed by atoms with E-state index >= 15 is 0 Å². The topological polar surface area (TPSA) is 141 Å². The molecule has 7 N–H and O–H groups in total. The monoisotopic (exact) mass is 476 g/mol. The van der Waals surface area contributed by atoms with Crippen LogP contribution in [-0.4, -0.2) is 26.4 Å². The Morgan fingerprint density at radius 3 is 2.74 bits per heavy atom. The Hall–Kier alpha value is -3.66. The summed E-state index contributed by atoms with van der Waals surface area (Å²) in [7, 11) is 0. The molecule has 1 aliphatic rings. The highest BCUT2D eigenvalue weighted by molar-refractivity contribution is 6.30. The zero-order valence-electron chi connectivity index (χ0n) is 18.3. The second-order valence-corrected chi connectivity index (χ2v) is 8.86.